The molecule has 0 heterocycles. The molecular weight excluding hydrogens is 727 g/mol. The second kappa shape index (κ2) is 17.2. The molecule has 11 nitrogen and oxygen atoms in total. The molecular formula is C38H40Cl2N4O7S. The third-order valence-corrected chi connectivity index (χ3v) is 11.5. The van der Waals surface area contributed by atoms with Crippen LogP contribution in [-0.4, -0.2) is 55.8 Å². The Bertz CT molecular complexity index is 2010. The van der Waals surface area contributed by atoms with Crippen molar-refractivity contribution in [3.8, 4) is 5.75 Å². The number of hydrogen-bond acceptors (Lipinski definition) is 7. The number of rotatable bonds is 14. The molecule has 52 heavy (non-hydrogen) atoms. The van der Waals surface area contributed by atoms with Crippen molar-refractivity contribution in [2.45, 2.75) is 69.0 Å². The molecule has 1 atom stereocenters. The summed E-state index contributed by atoms with van der Waals surface area (Å²) in [5.74, 6) is -0.631. The molecule has 0 bridgehead atoms. The molecule has 274 valence electrons. The molecule has 1 N–H and O–H groups in total. The van der Waals surface area contributed by atoms with Crippen LogP contribution in [0.15, 0.2) is 95.9 Å². The van der Waals surface area contributed by atoms with E-state index in [1.165, 1.54) is 49.3 Å². The van der Waals surface area contributed by atoms with Crippen LogP contribution in [0.1, 0.15) is 48.8 Å². The summed E-state index contributed by atoms with van der Waals surface area (Å²) in [6.45, 7) is 0.616. The molecule has 0 saturated heterocycles. The Labute approximate surface area is 313 Å². The number of anilines is 1. The van der Waals surface area contributed by atoms with Crippen LogP contribution in [0.25, 0.3) is 0 Å². The first-order valence-corrected chi connectivity index (χ1v) is 19.1. The highest BCUT2D eigenvalue weighted by atomic mass is 35.5. The van der Waals surface area contributed by atoms with E-state index in [0.29, 0.717) is 16.3 Å². The van der Waals surface area contributed by atoms with Gasteiger partial charge >= 0.3 is 0 Å². The predicted molar refractivity (Wildman–Crippen MR) is 201 cm³/mol. The van der Waals surface area contributed by atoms with Gasteiger partial charge in [0.05, 0.1) is 22.6 Å². The lowest BCUT2D eigenvalue weighted by molar-refractivity contribution is -0.385. The third-order valence-electron chi connectivity index (χ3n) is 9.18. The van der Waals surface area contributed by atoms with E-state index in [2.05, 4.69) is 5.32 Å². The van der Waals surface area contributed by atoms with Crippen LogP contribution in [-0.2, 0) is 32.6 Å². The van der Waals surface area contributed by atoms with Crippen LogP contribution in [0.4, 0.5) is 11.4 Å². The number of nitro benzene ring substituents is 1. The number of benzene rings is 4. The lowest BCUT2D eigenvalue weighted by Crippen LogP contribution is -2.55. The summed E-state index contributed by atoms with van der Waals surface area (Å²) in [6, 6.07) is 22.6. The molecule has 1 unspecified atom stereocenters. The van der Waals surface area contributed by atoms with Crippen molar-refractivity contribution in [1.29, 1.82) is 0 Å². The number of aryl methyl sites for hydroxylation is 1. The highest BCUT2D eigenvalue weighted by Gasteiger charge is 2.36. The monoisotopic (exact) mass is 766 g/mol. The van der Waals surface area contributed by atoms with Crippen LogP contribution >= 0.6 is 23.2 Å². The van der Waals surface area contributed by atoms with Gasteiger partial charge in [-0.25, -0.2) is 8.42 Å². The van der Waals surface area contributed by atoms with Crippen molar-refractivity contribution in [3.05, 3.63) is 128 Å². The van der Waals surface area contributed by atoms with Crippen LogP contribution in [0.5, 0.6) is 5.75 Å². The summed E-state index contributed by atoms with van der Waals surface area (Å²) in [5, 5.41) is 15.6. The first-order valence-electron chi connectivity index (χ1n) is 16.9. The van der Waals surface area contributed by atoms with Gasteiger partial charge in [-0.1, -0.05) is 84.9 Å². The zero-order chi connectivity index (χ0) is 37.4. The maximum atomic E-state index is 14.8. The Hall–Kier alpha value is -4.65. The van der Waals surface area contributed by atoms with Crippen LogP contribution in [0, 0.1) is 17.0 Å². The SMILES string of the molecule is COc1ccc(N(CC(=O)N(Cc2ccc(Cl)cc2Cl)C(Cc2ccccc2)C(=O)NC2CCCCC2)S(=O)(=O)c2ccc(C)c([N+](=O)[O-])c2)cc1. The zero-order valence-electron chi connectivity index (χ0n) is 28.8. The summed E-state index contributed by atoms with van der Waals surface area (Å²) in [4.78, 5) is 41.2. The Kier molecular flexibility index (Phi) is 12.8. The highest BCUT2D eigenvalue weighted by Crippen LogP contribution is 2.31. The van der Waals surface area contributed by atoms with E-state index in [1.807, 2.05) is 30.3 Å². The van der Waals surface area contributed by atoms with Gasteiger partial charge in [-0.3, -0.25) is 24.0 Å². The lowest BCUT2D eigenvalue weighted by Gasteiger charge is -2.35. The van der Waals surface area contributed by atoms with E-state index in [4.69, 9.17) is 27.9 Å². The standard InChI is InChI=1S/C38H40Cl2N4O7S/c1-26-13-20-33(23-35(26)44(47)48)52(49,50)43(31-16-18-32(51-2)19-17-31)25-37(45)42(24-28-14-15-29(39)22-34(28)40)36(21-27-9-5-3-6-10-27)38(46)41-30-11-7-4-8-12-30/h3,5-6,9-10,13-20,22-23,30,36H,4,7-8,11-12,21,24-25H2,1-2H3,(H,41,46). The molecule has 1 fully saturated rings. The predicted octanol–water partition coefficient (Wildman–Crippen LogP) is 7.50. The van der Waals surface area contributed by atoms with Crippen molar-refractivity contribution in [1.82, 2.24) is 10.2 Å². The number of methoxy groups -OCH3 is 1. The number of nitrogens with zero attached hydrogens (tertiary/aromatic N) is 3. The van der Waals surface area contributed by atoms with Gasteiger partial charge in [0.15, 0.2) is 0 Å². The quantitative estimate of drug-likeness (QED) is 0.104. The van der Waals surface area contributed by atoms with Crippen molar-refractivity contribution in [2.75, 3.05) is 18.0 Å². The van der Waals surface area contributed by atoms with Gasteiger partial charge in [0.2, 0.25) is 11.8 Å². The topological polar surface area (TPSA) is 139 Å². The molecule has 0 aromatic heterocycles. The molecule has 4 aromatic carbocycles. The third kappa shape index (κ3) is 9.41. The van der Waals surface area contributed by atoms with Crippen molar-refractivity contribution in [2.24, 2.45) is 0 Å². The average molecular weight is 768 g/mol. The number of hydrogen-bond donors (Lipinski definition) is 1. The largest absolute Gasteiger partial charge is 0.497 e. The van der Waals surface area contributed by atoms with Gasteiger partial charge in [-0.15, -0.1) is 0 Å². The number of carbonyl (C=O) groups excluding carboxylic acids is 2. The lowest BCUT2D eigenvalue weighted by atomic mass is 9.94. The van der Waals surface area contributed by atoms with E-state index in [1.54, 1.807) is 24.3 Å². The van der Waals surface area contributed by atoms with E-state index >= 15 is 0 Å². The number of nitrogens with one attached hydrogen (secondary N) is 1. The summed E-state index contributed by atoms with van der Waals surface area (Å²) >= 11 is 12.8. The van der Waals surface area contributed by atoms with Gasteiger partial charge in [0, 0.05) is 40.7 Å². The molecule has 1 saturated carbocycles. The summed E-state index contributed by atoms with van der Waals surface area (Å²) in [6.07, 6.45) is 4.79. The van der Waals surface area contributed by atoms with Crippen molar-refractivity contribution >= 4 is 56.4 Å². The van der Waals surface area contributed by atoms with Gasteiger partial charge in [-0.2, -0.15) is 0 Å². The Morgan fingerprint density at radius 1 is 0.962 bits per heavy atom. The summed E-state index contributed by atoms with van der Waals surface area (Å²) in [5.41, 5.74) is 1.28. The van der Waals surface area contributed by atoms with Gasteiger partial charge in [0.25, 0.3) is 15.7 Å². The van der Waals surface area contributed by atoms with Gasteiger partial charge in [-0.05, 0) is 73.4 Å². The molecule has 0 aliphatic heterocycles. The molecule has 4 aromatic rings. The number of sulfonamides is 1. The van der Waals surface area contributed by atoms with E-state index in [9.17, 15) is 28.1 Å². The number of amides is 2. The average Bonchev–Trinajstić information content (AvgIpc) is 3.13. The number of nitro groups is 1. The maximum absolute atomic E-state index is 14.8. The number of ether oxygens (including phenoxy) is 1. The zero-order valence-corrected chi connectivity index (χ0v) is 31.2. The van der Waals surface area contributed by atoms with Crippen LogP contribution in [0.2, 0.25) is 10.0 Å². The molecule has 1 aliphatic rings. The van der Waals surface area contributed by atoms with E-state index in [0.717, 1.165) is 48.0 Å². The van der Waals surface area contributed by atoms with Gasteiger partial charge in [0.1, 0.15) is 18.3 Å². The first kappa shape index (κ1) is 38.6. The first-order chi connectivity index (χ1) is 24.9. The fourth-order valence-electron chi connectivity index (χ4n) is 6.28. The van der Waals surface area contributed by atoms with E-state index < -0.39 is 33.4 Å². The van der Waals surface area contributed by atoms with Crippen LogP contribution < -0.4 is 14.4 Å². The molecule has 14 heteroatoms. The minimum atomic E-state index is -4.59. The molecule has 2 amide bonds. The molecule has 1 aliphatic carbocycles. The Morgan fingerprint density at radius 3 is 2.29 bits per heavy atom. The summed E-state index contributed by atoms with van der Waals surface area (Å²) < 4.78 is 35.0. The number of carbonyl (C=O) groups is 2. The highest BCUT2D eigenvalue weighted by molar-refractivity contribution is 7.92. The van der Waals surface area contributed by atoms with E-state index in [-0.39, 0.29) is 51.8 Å². The molecule has 0 spiro atoms. The molecule has 5 rings (SSSR count). The van der Waals surface area contributed by atoms with Crippen LogP contribution in [0.3, 0.4) is 0 Å². The Morgan fingerprint density at radius 2 is 1.65 bits per heavy atom. The van der Waals surface area contributed by atoms with Crippen molar-refractivity contribution in [3.63, 3.8) is 0 Å². The van der Waals surface area contributed by atoms with Gasteiger partial charge < -0.3 is 15.0 Å². The minimum Gasteiger partial charge on any atom is -0.497 e. The molecule has 0 radical (unpaired) electrons. The second-order valence-electron chi connectivity index (χ2n) is 12.7. The fraction of sp³-hybridized carbons (Fsp3) is 0.316. The Balaban J connectivity index is 1.61. The maximum Gasteiger partial charge on any atom is 0.273 e. The fourth-order valence-corrected chi connectivity index (χ4v) is 8.19. The normalized spacial score (nSPS) is 13.9. The van der Waals surface area contributed by atoms with Crippen molar-refractivity contribution < 1.29 is 27.7 Å². The smallest absolute Gasteiger partial charge is 0.273 e. The number of halogens is 2. The minimum absolute atomic E-state index is 0.0656. The second-order valence-corrected chi connectivity index (χ2v) is 15.4. The summed E-state index contributed by atoms with van der Waals surface area (Å²) in [7, 11) is -3.13.